The lowest BCUT2D eigenvalue weighted by molar-refractivity contribution is -1.02. The predicted octanol–water partition coefficient (Wildman–Crippen LogP) is -0.0516. The standard InChI is InChI=1S/C21H26ClN3O2/c1-27-20-8-3-2-6-18(20)14-23-21(26)16-25-11-9-24(10-12-25)15-17-5-4-7-19(22)13-17/h2-8,13H,9-12,14-16H2,1H3,(H,23,26)/p+2. The monoisotopic (exact) mass is 389 g/mol. The van der Waals surface area contributed by atoms with Crippen LogP contribution in [0.5, 0.6) is 5.75 Å². The molecule has 0 bridgehead atoms. The molecule has 2 aromatic rings. The van der Waals surface area contributed by atoms with Crippen molar-refractivity contribution in [1.82, 2.24) is 5.32 Å². The van der Waals surface area contributed by atoms with E-state index in [2.05, 4.69) is 11.4 Å². The third kappa shape index (κ3) is 5.96. The lowest BCUT2D eigenvalue weighted by atomic mass is 10.2. The molecule has 0 atom stereocenters. The fraction of sp³-hybridized carbons (Fsp3) is 0.381. The molecule has 1 heterocycles. The normalized spacial score (nSPS) is 19.5. The third-order valence-electron chi connectivity index (χ3n) is 5.09. The van der Waals surface area contributed by atoms with Crippen LogP contribution in [0, 0.1) is 0 Å². The second-order valence-corrected chi connectivity index (χ2v) is 7.51. The van der Waals surface area contributed by atoms with Crippen LogP contribution < -0.4 is 19.9 Å². The molecule has 0 spiro atoms. The lowest BCUT2D eigenvalue weighted by Crippen LogP contribution is -3.28. The Bertz CT molecular complexity index is 761. The Labute approximate surface area is 165 Å². The molecule has 0 aromatic heterocycles. The second-order valence-electron chi connectivity index (χ2n) is 7.07. The summed E-state index contributed by atoms with van der Waals surface area (Å²) in [6.07, 6.45) is 0. The average molecular weight is 390 g/mol. The van der Waals surface area contributed by atoms with Crippen LogP contribution in [0.3, 0.4) is 0 Å². The maximum Gasteiger partial charge on any atom is 0.275 e. The minimum Gasteiger partial charge on any atom is -0.496 e. The van der Waals surface area contributed by atoms with Gasteiger partial charge in [0.2, 0.25) is 0 Å². The van der Waals surface area contributed by atoms with Gasteiger partial charge < -0.3 is 19.9 Å². The number of para-hydroxylation sites is 1. The zero-order valence-electron chi connectivity index (χ0n) is 15.8. The largest absolute Gasteiger partial charge is 0.496 e. The number of rotatable bonds is 7. The molecule has 1 amide bonds. The minimum absolute atomic E-state index is 0.0918. The molecule has 144 valence electrons. The molecule has 0 radical (unpaired) electrons. The average Bonchev–Trinajstić information content (AvgIpc) is 2.68. The summed E-state index contributed by atoms with van der Waals surface area (Å²) < 4.78 is 5.33. The highest BCUT2D eigenvalue weighted by atomic mass is 35.5. The smallest absolute Gasteiger partial charge is 0.275 e. The van der Waals surface area contributed by atoms with Crippen molar-refractivity contribution in [2.45, 2.75) is 13.1 Å². The van der Waals surface area contributed by atoms with Gasteiger partial charge in [-0.3, -0.25) is 4.79 Å². The maximum atomic E-state index is 12.3. The quantitative estimate of drug-likeness (QED) is 0.622. The molecule has 3 N–H and O–H groups in total. The van der Waals surface area contributed by atoms with Crippen molar-refractivity contribution in [3.8, 4) is 5.75 Å². The van der Waals surface area contributed by atoms with Crippen LogP contribution in [0.2, 0.25) is 5.02 Å². The van der Waals surface area contributed by atoms with Crippen molar-refractivity contribution in [3.63, 3.8) is 0 Å². The van der Waals surface area contributed by atoms with E-state index < -0.39 is 0 Å². The van der Waals surface area contributed by atoms with Gasteiger partial charge in [-0.25, -0.2) is 0 Å². The zero-order chi connectivity index (χ0) is 19.1. The van der Waals surface area contributed by atoms with Gasteiger partial charge in [-0.2, -0.15) is 0 Å². The van der Waals surface area contributed by atoms with Crippen molar-refractivity contribution in [1.29, 1.82) is 0 Å². The first-order valence-electron chi connectivity index (χ1n) is 9.44. The topological polar surface area (TPSA) is 47.2 Å². The van der Waals surface area contributed by atoms with E-state index in [1.54, 1.807) is 12.0 Å². The minimum atomic E-state index is 0.0918. The van der Waals surface area contributed by atoms with Gasteiger partial charge in [-0.05, 0) is 18.2 Å². The van der Waals surface area contributed by atoms with Crippen molar-refractivity contribution in [2.75, 3.05) is 39.8 Å². The Balaban J connectivity index is 1.40. The predicted molar refractivity (Wildman–Crippen MR) is 106 cm³/mol. The van der Waals surface area contributed by atoms with Gasteiger partial charge in [0, 0.05) is 22.7 Å². The van der Waals surface area contributed by atoms with Gasteiger partial charge >= 0.3 is 0 Å². The molecule has 3 rings (SSSR count). The van der Waals surface area contributed by atoms with E-state index in [0.29, 0.717) is 13.1 Å². The van der Waals surface area contributed by atoms with E-state index in [1.165, 1.54) is 10.5 Å². The highest BCUT2D eigenvalue weighted by Gasteiger charge is 2.24. The van der Waals surface area contributed by atoms with Crippen LogP contribution in [0.1, 0.15) is 11.1 Å². The third-order valence-corrected chi connectivity index (χ3v) is 5.32. The van der Waals surface area contributed by atoms with Crippen LogP contribution in [-0.2, 0) is 17.9 Å². The highest BCUT2D eigenvalue weighted by molar-refractivity contribution is 6.30. The molecule has 0 aliphatic carbocycles. The number of ether oxygens (including phenoxy) is 1. The number of carbonyl (C=O) groups excluding carboxylic acids is 1. The van der Waals surface area contributed by atoms with E-state index in [0.717, 1.165) is 49.1 Å². The second kappa shape index (κ2) is 9.74. The number of hydrogen-bond donors (Lipinski definition) is 3. The van der Waals surface area contributed by atoms with Crippen LogP contribution in [0.15, 0.2) is 48.5 Å². The summed E-state index contributed by atoms with van der Waals surface area (Å²) >= 11 is 6.07. The molecular formula is C21H28ClN3O2+2. The Hall–Kier alpha value is -2.08. The van der Waals surface area contributed by atoms with Crippen molar-refractivity contribution < 1.29 is 19.3 Å². The first-order chi connectivity index (χ1) is 13.1. The first kappa shape index (κ1) is 19.7. The molecule has 1 aliphatic rings. The summed E-state index contributed by atoms with van der Waals surface area (Å²) in [6, 6.07) is 15.9. The molecule has 5 nitrogen and oxygen atoms in total. The number of piperazine rings is 1. The number of quaternary nitrogens is 2. The van der Waals surface area contributed by atoms with Gasteiger partial charge in [-0.1, -0.05) is 41.9 Å². The fourth-order valence-electron chi connectivity index (χ4n) is 3.58. The number of benzene rings is 2. The van der Waals surface area contributed by atoms with Crippen molar-refractivity contribution in [2.24, 2.45) is 0 Å². The van der Waals surface area contributed by atoms with E-state index in [1.807, 2.05) is 42.5 Å². The summed E-state index contributed by atoms with van der Waals surface area (Å²) in [5.41, 5.74) is 2.27. The number of amides is 1. The first-order valence-corrected chi connectivity index (χ1v) is 9.82. The molecule has 1 saturated heterocycles. The van der Waals surface area contributed by atoms with Crippen LogP contribution in [-0.4, -0.2) is 45.7 Å². The number of hydrogen-bond acceptors (Lipinski definition) is 2. The molecule has 2 aromatic carbocycles. The summed E-state index contributed by atoms with van der Waals surface area (Å²) in [4.78, 5) is 15.2. The van der Waals surface area contributed by atoms with Gasteiger partial charge in [0.1, 0.15) is 38.5 Å². The Kier molecular flexibility index (Phi) is 7.10. The Morgan fingerprint density at radius 3 is 2.56 bits per heavy atom. The van der Waals surface area contributed by atoms with Gasteiger partial charge in [0.05, 0.1) is 7.11 Å². The van der Waals surface area contributed by atoms with E-state index in [9.17, 15) is 4.79 Å². The molecular weight excluding hydrogens is 362 g/mol. The number of halogens is 1. The Morgan fingerprint density at radius 1 is 1.07 bits per heavy atom. The molecule has 27 heavy (non-hydrogen) atoms. The summed E-state index contributed by atoms with van der Waals surface area (Å²) in [7, 11) is 1.65. The summed E-state index contributed by atoms with van der Waals surface area (Å²) in [5, 5.41) is 3.81. The van der Waals surface area contributed by atoms with Crippen LogP contribution >= 0.6 is 11.6 Å². The van der Waals surface area contributed by atoms with Crippen LogP contribution in [0.25, 0.3) is 0 Å². The van der Waals surface area contributed by atoms with Gasteiger partial charge in [0.15, 0.2) is 6.54 Å². The molecule has 1 fully saturated rings. The van der Waals surface area contributed by atoms with E-state index in [4.69, 9.17) is 16.3 Å². The summed E-state index contributed by atoms with van der Waals surface area (Å²) in [5.74, 6) is 0.901. The van der Waals surface area contributed by atoms with Gasteiger partial charge in [-0.15, -0.1) is 0 Å². The number of nitrogens with one attached hydrogen (secondary N) is 3. The summed E-state index contributed by atoms with van der Waals surface area (Å²) in [6.45, 7) is 6.19. The van der Waals surface area contributed by atoms with E-state index in [-0.39, 0.29) is 5.91 Å². The van der Waals surface area contributed by atoms with Gasteiger partial charge in [0.25, 0.3) is 5.91 Å². The maximum absolute atomic E-state index is 12.3. The molecule has 1 aliphatic heterocycles. The van der Waals surface area contributed by atoms with E-state index >= 15 is 0 Å². The molecule has 0 unspecified atom stereocenters. The van der Waals surface area contributed by atoms with Crippen LogP contribution in [0.4, 0.5) is 0 Å². The lowest BCUT2D eigenvalue weighted by Gasteiger charge is -2.29. The molecule has 0 saturated carbocycles. The van der Waals surface area contributed by atoms with Crippen molar-refractivity contribution >= 4 is 17.5 Å². The number of carbonyl (C=O) groups is 1. The zero-order valence-corrected chi connectivity index (χ0v) is 16.5. The van der Waals surface area contributed by atoms with Crippen molar-refractivity contribution in [3.05, 3.63) is 64.7 Å². The Morgan fingerprint density at radius 2 is 1.81 bits per heavy atom. The number of methoxy groups -OCH3 is 1. The fourth-order valence-corrected chi connectivity index (χ4v) is 3.79. The SMILES string of the molecule is COc1ccccc1CNC(=O)C[NH+]1CC[NH+](Cc2cccc(Cl)c2)CC1. The molecule has 6 heteroatoms. The highest BCUT2D eigenvalue weighted by Crippen LogP contribution is 2.16.